The number of anilines is 1. The zero-order valence-corrected chi connectivity index (χ0v) is 22.0. The zero-order chi connectivity index (χ0) is 29.1. The van der Waals surface area contributed by atoms with Crippen LogP contribution in [0.2, 0.25) is 0 Å². The lowest BCUT2D eigenvalue weighted by Gasteiger charge is -2.45. The third kappa shape index (κ3) is 3.77. The molecule has 9 heteroatoms. The van der Waals surface area contributed by atoms with Gasteiger partial charge in [0, 0.05) is 29.5 Å². The molecular formula is C33H22N2O7. The number of ether oxygens (including phenoxy) is 1. The van der Waals surface area contributed by atoms with Crippen LogP contribution in [-0.4, -0.2) is 35.1 Å². The van der Waals surface area contributed by atoms with Crippen LogP contribution in [0.25, 0.3) is 0 Å². The number of imide groups is 1. The molecule has 4 aromatic carbocycles. The molecule has 8 rings (SSSR count). The van der Waals surface area contributed by atoms with Gasteiger partial charge >= 0.3 is 5.97 Å². The van der Waals surface area contributed by atoms with Gasteiger partial charge in [0.05, 0.1) is 28.0 Å². The number of nitro benzene ring substituents is 1. The van der Waals surface area contributed by atoms with E-state index in [9.17, 15) is 29.3 Å². The second-order valence-corrected chi connectivity index (χ2v) is 10.6. The fourth-order valence-corrected chi connectivity index (χ4v) is 6.77. The van der Waals surface area contributed by atoms with Crippen LogP contribution in [0.5, 0.6) is 0 Å². The molecule has 2 bridgehead atoms. The summed E-state index contributed by atoms with van der Waals surface area (Å²) in [4.78, 5) is 64.8. The second kappa shape index (κ2) is 9.59. The van der Waals surface area contributed by atoms with Crippen LogP contribution in [0.4, 0.5) is 11.4 Å². The van der Waals surface area contributed by atoms with Crippen LogP contribution in [-0.2, 0) is 14.3 Å². The van der Waals surface area contributed by atoms with Crippen molar-refractivity contribution >= 4 is 34.9 Å². The Morgan fingerprint density at radius 1 is 0.714 bits per heavy atom. The van der Waals surface area contributed by atoms with Crippen LogP contribution in [0.15, 0.2) is 97.1 Å². The Balaban J connectivity index is 1.14. The Morgan fingerprint density at radius 2 is 1.24 bits per heavy atom. The number of nitro groups is 1. The van der Waals surface area contributed by atoms with E-state index in [1.54, 1.807) is 12.1 Å². The highest BCUT2D eigenvalue weighted by molar-refractivity contribution is 6.23. The molecule has 3 aliphatic carbocycles. The van der Waals surface area contributed by atoms with Crippen molar-refractivity contribution in [1.29, 1.82) is 0 Å². The SMILES string of the molecule is O=C(COC(=O)c1cccc(N2C(=O)C3C4c5ccccc5C(c5ccccc54)C3C2=O)c1)c1ccc([N+](=O)[O-])cc1. The number of rotatable bonds is 6. The molecule has 2 unspecified atom stereocenters. The maximum absolute atomic E-state index is 14.0. The van der Waals surface area contributed by atoms with Gasteiger partial charge in [0.1, 0.15) is 0 Å². The van der Waals surface area contributed by atoms with Gasteiger partial charge in [0.15, 0.2) is 12.4 Å². The van der Waals surface area contributed by atoms with Crippen molar-refractivity contribution < 1.29 is 28.8 Å². The molecule has 0 aromatic heterocycles. The first-order valence-electron chi connectivity index (χ1n) is 13.5. The van der Waals surface area contributed by atoms with E-state index in [1.807, 2.05) is 48.5 Å². The third-order valence-corrected chi connectivity index (χ3v) is 8.52. The number of nitrogens with zero attached hydrogens (tertiary/aromatic N) is 2. The number of benzene rings is 4. The van der Waals surface area contributed by atoms with E-state index in [0.717, 1.165) is 22.3 Å². The minimum atomic E-state index is -0.802. The van der Waals surface area contributed by atoms with E-state index < -0.39 is 35.1 Å². The average molecular weight is 559 g/mol. The van der Waals surface area contributed by atoms with Gasteiger partial charge in [-0.15, -0.1) is 0 Å². The summed E-state index contributed by atoms with van der Waals surface area (Å²) in [5.41, 5.74) is 4.63. The molecule has 42 heavy (non-hydrogen) atoms. The smallest absolute Gasteiger partial charge is 0.338 e. The van der Waals surface area contributed by atoms with Crippen LogP contribution in [0.3, 0.4) is 0 Å². The summed E-state index contributed by atoms with van der Waals surface area (Å²) < 4.78 is 5.21. The van der Waals surface area contributed by atoms with Crippen molar-refractivity contribution in [3.05, 3.63) is 141 Å². The summed E-state index contributed by atoms with van der Waals surface area (Å²) in [5.74, 6) is -3.53. The Bertz CT molecular complexity index is 1710. The number of amides is 2. The van der Waals surface area contributed by atoms with Gasteiger partial charge < -0.3 is 4.74 Å². The molecule has 1 heterocycles. The fourth-order valence-electron chi connectivity index (χ4n) is 6.77. The van der Waals surface area contributed by atoms with E-state index in [2.05, 4.69) is 0 Å². The lowest BCUT2D eigenvalue weighted by molar-refractivity contribution is -0.384. The first kappa shape index (κ1) is 25.5. The van der Waals surface area contributed by atoms with E-state index in [4.69, 9.17) is 4.74 Å². The first-order valence-corrected chi connectivity index (χ1v) is 13.5. The minimum Gasteiger partial charge on any atom is -0.454 e. The van der Waals surface area contributed by atoms with E-state index >= 15 is 0 Å². The second-order valence-electron chi connectivity index (χ2n) is 10.6. The minimum absolute atomic E-state index is 0.0778. The summed E-state index contributed by atoms with van der Waals surface area (Å²) in [6.07, 6.45) is 0. The lowest BCUT2D eigenvalue weighted by atomic mass is 9.55. The summed E-state index contributed by atoms with van der Waals surface area (Å²) in [6.45, 7) is -0.577. The molecule has 0 spiro atoms. The van der Waals surface area contributed by atoms with Gasteiger partial charge in [0.25, 0.3) is 5.69 Å². The molecule has 4 aromatic rings. The molecule has 0 radical (unpaired) electrons. The topological polar surface area (TPSA) is 124 Å². The van der Waals surface area contributed by atoms with Crippen LogP contribution in [0, 0.1) is 22.0 Å². The maximum Gasteiger partial charge on any atom is 0.338 e. The molecule has 1 saturated heterocycles. The molecule has 206 valence electrons. The molecule has 2 atom stereocenters. The first-order chi connectivity index (χ1) is 20.3. The fraction of sp³-hybridized carbons (Fsp3) is 0.152. The Labute approximate surface area is 239 Å². The number of carbonyl (C=O) groups is 4. The van der Waals surface area contributed by atoms with Crippen molar-refractivity contribution in [3.8, 4) is 0 Å². The summed E-state index contributed by atoms with van der Waals surface area (Å²) >= 11 is 0. The summed E-state index contributed by atoms with van der Waals surface area (Å²) in [5, 5.41) is 10.8. The van der Waals surface area contributed by atoms with E-state index in [0.29, 0.717) is 0 Å². The van der Waals surface area contributed by atoms with Crippen LogP contribution < -0.4 is 4.90 Å². The largest absolute Gasteiger partial charge is 0.454 e. The highest BCUT2D eigenvalue weighted by Gasteiger charge is 2.61. The molecule has 1 aliphatic heterocycles. The van der Waals surface area contributed by atoms with Crippen molar-refractivity contribution in [2.24, 2.45) is 11.8 Å². The summed E-state index contributed by atoms with van der Waals surface area (Å²) in [6, 6.07) is 27.0. The van der Waals surface area contributed by atoms with Gasteiger partial charge in [-0.05, 0) is 52.6 Å². The third-order valence-electron chi connectivity index (χ3n) is 8.52. The number of hydrogen-bond donors (Lipinski definition) is 0. The number of Topliss-reactive ketones (excluding diaryl/α,β-unsaturated/α-hetero) is 1. The molecule has 2 amide bonds. The van der Waals surface area contributed by atoms with Gasteiger partial charge in [0.2, 0.25) is 11.8 Å². The monoisotopic (exact) mass is 558 g/mol. The van der Waals surface area contributed by atoms with E-state index in [-0.39, 0.29) is 46.2 Å². The average Bonchev–Trinajstić information content (AvgIpc) is 3.29. The van der Waals surface area contributed by atoms with Gasteiger partial charge in [-0.25, -0.2) is 9.69 Å². The predicted molar refractivity (Wildman–Crippen MR) is 150 cm³/mol. The number of esters is 1. The van der Waals surface area contributed by atoms with Crippen LogP contribution in [0.1, 0.15) is 54.8 Å². The highest BCUT2D eigenvalue weighted by Crippen LogP contribution is 2.61. The van der Waals surface area contributed by atoms with Crippen molar-refractivity contribution in [2.75, 3.05) is 11.5 Å². The Kier molecular flexibility index (Phi) is 5.83. The molecule has 1 fully saturated rings. The van der Waals surface area contributed by atoms with Gasteiger partial charge in [-0.2, -0.15) is 0 Å². The van der Waals surface area contributed by atoms with Gasteiger partial charge in [-0.1, -0.05) is 54.6 Å². The highest BCUT2D eigenvalue weighted by atomic mass is 16.6. The van der Waals surface area contributed by atoms with Gasteiger partial charge in [-0.3, -0.25) is 24.5 Å². The molecule has 0 saturated carbocycles. The van der Waals surface area contributed by atoms with Crippen molar-refractivity contribution in [1.82, 2.24) is 0 Å². The summed E-state index contributed by atoms with van der Waals surface area (Å²) in [7, 11) is 0. The van der Waals surface area contributed by atoms with Crippen molar-refractivity contribution in [3.63, 3.8) is 0 Å². The molecule has 4 aliphatic rings. The van der Waals surface area contributed by atoms with Crippen LogP contribution >= 0.6 is 0 Å². The number of ketones is 1. The lowest BCUT2D eigenvalue weighted by Crippen LogP contribution is -2.41. The quantitative estimate of drug-likeness (QED) is 0.107. The Morgan fingerprint density at radius 3 is 1.74 bits per heavy atom. The number of non-ortho nitro benzene ring substituents is 1. The Hall–Kier alpha value is -5.44. The maximum atomic E-state index is 14.0. The molecular weight excluding hydrogens is 536 g/mol. The standard InChI is InChI=1S/C33H22N2O7/c36-26(18-12-14-20(15-13-18)35(40)41)17-42-33(39)19-6-5-7-21(16-19)34-31(37)29-27-22-8-1-2-9-23(22)28(30(29)32(34)38)25-11-4-3-10-24(25)27/h1-16,27-30H,17H2. The predicted octanol–water partition coefficient (Wildman–Crippen LogP) is 5.03. The van der Waals surface area contributed by atoms with E-state index in [1.165, 1.54) is 41.3 Å². The normalized spacial score (nSPS) is 21.4. The number of carbonyl (C=O) groups excluding carboxylic acids is 4. The molecule has 9 nitrogen and oxygen atoms in total. The van der Waals surface area contributed by atoms with Crippen molar-refractivity contribution in [2.45, 2.75) is 11.8 Å². The molecule has 0 N–H and O–H groups in total. The zero-order valence-electron chi connectivity index (χ0n) is 22.0. The number of hydrogen-bond acceptors (Lipinski definition) is 7.